The van der Waals surface area contributed by atoms with Crippen molar-refractivity contribution in [2.24, 2.45) is 5.92 Å². The van der Waals surface area contributed by atoms with Crippen LogP contribution in [0.4, 0.5) is 0 Å². The molecule has 1 saturated carbocycles. The Kier molecular flexibility index (Phi) is 5.84. The molecule has 1 aliphatic heterocycles. The van der Waals surface area contributed by atoms with E-state index in [1.54, 1.807) is 0 Å². The lowest BCUT2D eigenvalue weighted by Gasteiger charge is -2.34. The molecule has 0 bridgehead atoms. The quantitative estimate of drug-likeness (QED) is 0.845. The zero-order valence-electron chi connectivity index (χ0n) is 12.3. The Balaban J connectivity index is 1.98. The van der Waals surface area contributed by atoms with Crippen molar-refractivity contribution in [3.63, 3.8) is 0 Å². The van der Waals surface area contributed by atoms with E-state index in [0.717, 1.165) is 17.2 Å². The monoisotopic (exact) mass is 270 g/mol. The standard InChI is InChI=1S/C15H30N2S/c1-4-12(2)13-11-17(10-6-9-16-13)14-7-5-8-15(14)18-3/h12-16H,4-11H2,1-3H3. The van der Waals surface area contributed by atoms with Gasteiger partial charge in [-0.2, -0.15) is 11.8 Å². The van der Waals surface area contributed by atoms with Gasteiger partial charge in [-0.05, 0) is 44.5 Å². The largest absolute Gasteiger partial charge is 0.312 e. The minimum Gasteiger partial charge on any atom is -0.312 e. The van der Waals surface area contributed by atoms with Gasteiger partial charge in [0.25, 0.3) is 0 Å². The predicted molar refractivity (Wildman–Crippen MR) is 82.4 cm³/mol. The van der Waals surface area contributed by atoms with E-state index in [1.165, 1.54) is 51.7 Å². The fourth-order valence-corrected chi connectivity index (χ4v) is 4.57. The van der Waals surface area contributed by atoms with Gasteiger partial charge in [0.05, 0.1) is 0 Å². The summed E-state index contributed by atoms with van der Waals surface area (Å²) in [6.45, 7) is 8.52. The highest BCUT2D eigenvalue weighted by molar-refractivity contribution is 7.99. The maximum atomic E-state index is 3.77. The molecule has 2 nitrogen and oxygen atoms in total. The van der Waals surface area contributed by atoms with Crippen LogP contribution in [-0.2, 0) is 0 Å². The summed E-state index contributed by atoms with van der Waals surface area (Å²) in [5.74, 6) is 0.805. The summed E-state index contributed by atoms with van der Waals surface area (Å²) in [6, 6.07) is 1.56. The third-order valence-corrected chi connectivity index (χ3v) is 6.14. The van der Waals surface area contributed by atoms with Crippen LogP contribution in [0.1, 0.15) is 46.0 Å². The molecule has 1 heterocycles. The van der Waals surface area contributed by atoms with Gasteiger partial charge < -0.3 is 5.32 Å². The first-order valence-corrected chi connectivity index (χ1v) is 9.05. The second-order valence-corrected chi connectivity index (χ2v) is 7.14. The topological polar surface area (TPSA) is 15.3 Å². The number of rotatable bonds is 4. The van der Waals surface area contributed by atoms with E-state index < -0.39 is 0 Å². The number of thioether (sulfide) groups is 1. The van der Waals surface area contributed by atoms with Gasteiger partial charge in [-0.3, -0.25) is 4.90 Å². The maximum Gasteiger partial charge on any atom is 0.0220 e. The van der Waals surface area contributed by atoms with Crippen molar-refractivity contribution in [3.05, 3.63) is 0 Å². The molecule has 1 N–H and O–H groups in total. The first-order chi connectivity index (χ1) is 8.76. The molecule has 1 aliphatic carbocycles. The van der Waals surface area contributed by atoms with Crippen LogP contribution in [0.15, 0.2) is 0 Å². The van der Waals surface area contributed by atoms with E-state index in [-0.39, 0.29) is 0 Å². The summed E-state index contributed by atoms with van der Waals surface area (Å²) in [7, 11) is 0. The molecule has 0 aromatic carbocycles. The molecule has 0 aromatic rings. The summed E-state index contributed by atoms with van der Waals surface area (Å²) in [5, 5.41) is 4.66. The molecule has 106 valence electrons. The average Bonchev–Trinajstić information content (AvgIpc) is 2.74. The molecule has 0 aromatic heterocycles. The third-order valence-electron chi connectivity index (χ3n) is 4.98. The molecule has 18 heavy (non-hydrogen) atoms. The fourth-order valence-electron chi connectivity index (χ4n) is 3.54. The molecule has 0 amide bonds. The van der Waals surface area contributed by atoms with Crippen LogP contribution < -0.4 is 5.32 Å². The fraction of sp³-hybridized carbons (Fsp3) is 1.00. The highest BCUT2D eigenvalue weighted by Crippen LogP contribution is 2.33. The lowest BCUT2D eigenvalue weighted by atomic mass is 9.98. The van der Waals surface area contributed by atoms with Crippen LogP contribution in [0.2, 0.25) is 0 Å². The summed E-state index contributed by atoms with van der Waals surface area (Å²) in [4.78, 5) is 2.81. The van der Waals surface area contributed by atoms with Crippen LogP contribution in [0, 0.1) is 5.92 Å². The first kappa shape index (κ1) is 14.7. The van der Waals surface area contributed by atoms with Crippen LogP contribution in [0.25, 0.3) is 0 Å². The lowest BCUT2D eigenvalue weighted by Crippen LogP contribution is -2.47. The molecule has 2 fully saturated rings. The van der Waals surface area contributed by atoms with Crippen molar-refractivity contribution in [2.45, 2.75) is 63.3 Å². The molecule has 2 rings (SSSR count). The minimum absolute atomic E-state index is 0.709. The van der Waals surface area contributed by atoms with Gasteiger partial charge in [0.1, 0.15) is 0 Å². The lowest BCUT2D eigenvalue weighted by molar-refractivity contribution is 0.182. The molecular weight excluding hydrogens is 240 g/mol. The van der Waals surface area contributed by atoms with E-state index >= 15 is 0 Å². The van der Waals surface area contributed by atoms with E-state index in [2.05, 4.69) is 42.1 Å². The second kappa shape index (κ2) is 7.16. The van der Waals surface area contributed by atoms with Crippen LogP contribution in [-0.4, -0.2) is 48.1 Å². The van der Waals surface area contributed by atoms with Crippen LogP contribution in [0.3, 0.4) is 0 Å². The Hall–Kier alpha value is 0.270. The van der Waals surface area contributed by atoms with Gasteiger partial charge in [-0.15, -0.1) is 0 Å². The molecule has 2 aliphatic rings. The van der Waals surface area contributed by atoms with Crippen LogP contribution in [0.5, 0.6) is 0 Å². The van der Waals surface area contributed by atoms with Crippen molar-refractivity contribution in [2.75, 3.05) is 25.9 Å². The highest BCUT2D eigenvalue weighted by atomic mass is 32.2. The Morgan fingerprint density at radius 1 is 1.33 bits per heavy atom. The Bertz CT molecular complexity index is 247. The van der Waals surface area contributed by atoms with E-state index in [4.69, 9.17) is 0 Å². The van der Waals surface area contributed by atoms with E-state index in [9.17, 15) is 0 Å². The zero-order valence-corrected chi connectivity index (χ0v) is 13.1. The molecule has 0 radical (unpaired) electrons. The first-order valence-electron chi connectivity index (χ1n) is 7.76. The Morgan fingerprint density at radius 3 is 2.89 bits per heavy atom. The molecule has 4 atom stereocenters. The summed E-state index contributed by atoms with van der Waals surface area (Å²) in [6.07, 6.45) is 9.22. The van der Waals surface area contributed by atoms with Crippen molar-refractivity contribution >= 4 is 11.8 Å². The van der Waals surface area contributed by atoms with Gasteiger partial charge in [-0.25, -0.2) is 0 Å². The number of nitrogens with zero attached hydrogens (tertiary/aromatic N) is 1. The second-order valence-electron chi connectivity index (χ2n) is 6.07. The summed E-state index contributed by atoms with van der Waals surface area (Å²) in [5.41, 5.74) is 0. The van der Waals surface area contributed by atoms with Crippen molar-refractivity contribution in [3.8, 4) is 0 Å². The molecule has 0 spiro atoms. The van der Waals surface area contributed by atoms with Gasteiger partial charge in [0.2, 0.25) is 0 Å². The molecule has 1 saturated heterocycles. The normalized spacial score (nSPS) is 36.5. The highest BCUT2D eigenvalue weighted by Gasteiger charge is 2.33. The van der Waals surface area contributed by atoms with Crippen molar-refractivity contribution in [1.82, 2.24) is 10.2 Å². The van der Waals surface area contributed by atoms with Crippen molar-refractivity contribution in [1.29, 1.82) is 0 Å². The van der Waals surface area contributed by atoms with Gasteiger partial charge in [0, 0.05) is 23.9 Å². The molecular formula is C15H30N2S. The zero-order chi connectivity index (χ0) is 13.0. The SMILES string of the molecule is CCC(C)C1CN(C2CCCC2SC)CCCN1. The molecule has 3 heteroatoms. The van der Waals surface area contributed by atoms with Gasteiger partial charge in [-0.1, -0.05) is 26.7 Å². The smallest absolute Gasteiger partial charge is 0.0220 e. The maximum absolute atomic E-state index is 3.77. The average molecular weight is 270 g/mol. The van der Waals surface area contributed by atoms with Crippen molar-refractivity contribution < 1.29 is 0 Å². The van der Waals surface area contributed by atoms with E-state index in [0.29, 0.717) is 6.04 Å². The summed E-state index contributed by atoms with van der Waals surface area (Å²) >= 11 is 2.09. The minimum atomic E-state index is 0.709. The van der Waals surface area contributed by atoms with Gasteiger partial charge >= 0.3 is 0 Å². The Morgan fingerprint density at radius 2 is 2.17 bits per heavy atom. The van der Waals surface area contributed by atoms with E-state index in [1.807, 2.05) is 0 Å². The number of hydrogen-bond acceptors (Lipinski definition) is 3. The Labute approximate surface area is 117 Å². The third kappa shape index (κ3) is 3.43. The summed E-state index contributed by atoms with van der Waals surface area (Å²) < 4.78 is 0. The number of nitrogens with one attached hydrogen (secondary N) is 1. The molecule has 4 unspecified atom stereocenters. The van der Waals surface area contributed by atoms with Gasteiger partial charge in [0.15, 0.2) is 0 Å². The van der Waals surface area contributed by atoms with Crippen LogP contribution >= 0.6 is 11.8 Å². The number of hydrogen-bond donors (Lipinski definition) is 1. The predicted octanol–water partition coefficient (Wildman–Crippen LogP) is 2.98.